The minimum Gasteiger partial charge on any atom is -0.352 e. The number of nitrogens with one attached hydrogen (secondary N) is 2. The van der Waals surface area contributed by atoms with Crippen LogP contribution < -0.4 is 16.4 Å². The molecule has 20 heavy (non-hydrogen) atoms. The Kier molecular flexibility index (Phi) is 6.73. The van der Waals surface area contributed by atoms with Crippen LogP contribution in [-0.4, -0.2) is 24.4 Å². The summed E-state index contributed by atoms with van der Waals surface area (Å²) >= 11 is 0. The Hall–Kier alpha value is -1.88. The van der Waals surface area contributed by atoms with Crippen LogP contribution in [0.4, 0.5) is 5.69 Å². The van der Waals surface area contributed by atoms with Crippen molar-refractivity contribution in [3.05, 3.63) is 29.8 Å². The molecule has 0 radical (unpaired) electrons. The number of anilines is 1. The summed E-state index contributed by atoms with van der Waals surface area (Å²) < 4.78 is 0. The second kappa shape index (κ2) is 8.32. The van der Waals surface area contributed by atoms with Crippen molar-refractivity contribution in [2.24, 2.45) is 5.73 Å². The SMILES string of the molecule is CCCNC(=O)c1cccc(NC(=O)C(N)CCC)c1. The highest BCUT2D eigenvalue weighted by Crippen LogP contribution is 2.11. The first-order valence-electron chi connectivity index (χ1n) is 7.03. The van der Waals surface area contributed by atoms with Crippen molar-refractivity contribution in [1.29, 1.82) is 0 Å². The van der Waals surface area contributed by atoms with Crippen molar-refractivity contribution in [3.63, 3.8) is 0 Å². The van der Waals surface area contributed by atoms with Gasteiger partial charge in [0.25, 0.3) is 5.91 Å². The van der Waals surface area contributed by atoms with Gasteiger partial charge in [0.2, 0.25) is 5.91 Å². The number of benzene rings is 1. The molecule has 0 heterocycles. The third-order valence-electron chi connectivity index (χ3n) is 2.86. The lowest BCUT2D eigenvalue weighted by Gasteiger charge is -2.12. The minimum atomic E-state index is -0.516. The zero-order valence-corrected chi connectivity index (χ0v) is 12.1. The molecule has 0 aromatic heterocycles. The van der Waals surface area contributed by atoms with Crippen LogP contribution in [0.5, 0.6) is 0 Å². The monoisotopic (exact) mass is 277 g/mol. The van der Waals surface area contributed by atoms with Gasteiger partial charge in [0.1, 0.15) is 0 Å². The highest BCUT2D eigenvalue weighted by atomic mass is 16.2. The normalized spacial score (nSPS) is 11.8. The van der Waals surface area contributed by atoms with E-state index in [0.717, 1.165) is 12.8 Å². The van der Waals surface area contributed by atoms with Crippen molar-refractivity contribution in [2.45, 2.75) is 39.2 Å². The number of carbonyl (C=O) groups is 2. The summed E-state index contributed by atoms with van der Waals surface area (Å²) in [6.45, 7) is 4.61. The van der Waals surface area contributed by atoms with Crippen LogP contribution in [0, 0.1) is 0 Å². The van der Waals surface area contributed by atoms with E-state index in [9.17, 15) is 9.59 Å². The quantitative estimate of drug-likeness (QED) is 0.711. The largest absolute Gasteiger partial charge is 0.352 e. The van der Waals surface area contributed by atoms with E-state index < -0.39 is 6.04 Å². The molecular weight excluding hydrogens is 254 g/mol. The smallest absolute Gasteiger partial charge is 0.251 e. The minimum absolute atomic E-state index is 0.138. The fraction of sp³-hybridized carbons (Fsp3) is 0.467. The van der Waals surface area contributed by atoms with E-state index in [1.807, 2.05) is 13.8 Å². The Bertz CT molecular complexity index is 460. The van der Waals surface area contributed by atoms with Gasteiger partial charge in [-0.2, -0.15) is 0 Å². The Morgan fingerprint density at radius 3 is 2.65 bits per heavy atom. The van der Waals surface area contributed by atoms with Gasteiger partial charge in [0.15, 0.2) is 0 Å². The van der Waals surface area contributed by atoms with Crippen molar-refractivity contribution >= 4 is 17.5 Å². The zero-order chi connectivity index (χ0) is 15.0. The van der Waals surface area contributed by atoms with Crippen molar-refractivity contribution in [2.75, 3.05) is 11.9 Å². The second-order valence-corrected chi connectivity index (χ2v) is 4.72. The highest BCUT2D eigenvalue weighted by Gasteiger charge is 2.13. The number of carbonyl (C=O) groups excluding carboxylic acids is 2. The molecule has 0 aliphatic rings. The summed E-state index contributed by atoms with van der Waals surface area (Å²) in [4.78, 5) is 23.6. The van der Waals surface area contributed by atoms with Crippen molar-refractivity contribution in [1.82, 2.24) is 5.32 Å². The lowest BCUT2D eigenvalue weighted by atomic mass is 10.1. The van der Waals surface area contributed by atoms with Crippen LogP contribution in [0.2, 0.25) is 0 Å². The molecule has 1 aromatic rings. The van der Waals surface area contributed by atoms with E-state index in [0.29, 0.717) is 24.2 Å². The van der Waals surface area contributed by atoms with Gasteiger partial charge in [-0.3, -0.25) is 9.59 Å². The summed E-state index contributed by atoms with van der Waals surface area (Å²) in [5.74, 6) is -0.362. The summed E-state index contributed by atoms with van der Waals surface area (Å²) in [5.41, 5.74) is 6.86. The Balaban J connectivity index is 2.68. The maximum Gasteiger partial charge on any atom is 0.251 e. The number of amides is 2. The van der Waals surface area contributed by atoms with Gasteiger partial charge in [-0.15, -0.1) is 0 Å². The van der Waals surface area contributed by atoms with Crippen LogP contribution >= 0.6 is 0 Å². The standard InChI is InChI=1S/C15H23N3O2/c1-3-6-13(16)15(20)18-12-8-5-7-11(10-12)14(19)17-9-4-2/h5,7-8,10,13H,3-4,6,9,16H2,1-2H3,(H,17,19)(H,18,20). The lowest BCUT2D eigenvalue weighted by Crippen LogP contribution is -2.35. The molecule has 110 valence electrons. The van der Waals surface area contributed by atoms with Crippen LogP contribution in [0.1, 0.15) is 43.5 Å². The average Bonchev–Trinajstić information content (AvgIpc) is 2.45. The molecule has 0 saturated carbocycles. The maximum atomic E-state index is 11.8. The van der Waals surface area contributed by atoms with Gasteiger partial charge in [0.05, 0.1) is 6.04 Å². The first-order chi connectivity index (χ1) is 9.58. The summed E-state index contributed by atoms with van der Waals surface area (Å²) in [6, 6.07) is 6.33. The van der Waals surface area contributed by atoms with Crippen LogP contribution in [0.25, 0.3) is 0 Å². The van der Waals surface area contributed by atoms with Crippen LogP contribution in [0.3, 0.4) is 0 Å². The van der Waals surface area contributed by atoms with Gasteiger partial charge in [-0.25, -0.2) is 0 Å². The molecule has 1 atom stereocenters. The van der Waals surface area contributed by atoms with E-state index in [4.69, 9.17) is 5.73 Å². The van der Waals surface area contributed by atoms with Gasteiger partial charge >= 0.3 is 0 Å². The molecule has 1 unspecified atom stereocenters. The molecule has 1 aromatic carbocycles. The number of hydrogen-bond acceptors (Lipinski definition) is 3. The van der Waals surface area contributed by atoms with E-state index in [2.05, 4.69) is 10.6 Å². The van der Waals surface area contributed by atoms with E-state index >= 15 is 0 Å². The predicted molar refractivity (Wildman–Crippen MR) is 80.6 cm³/mol. The van der Waals surface area contributed by atoms with E-state index in [1.165, 1.54) is 0 Å². The van der Waals surface area contributed by atoms with Gasteiger partial charge in [-0.1, -0.05) is 26.3 Å². The first kappa shape index (κ1) is 16.2. The third-order valence-corrected chi connectivity index (χ3v) is 2.86. The van der Waals surface area contributed by atoms with Gasteiger partial charge in [-0.05, 0) is 31.0 Å². The number of hydrogen-bond donors (Lipinski definition) is 3. The Morgan fingerprint density at radius 1 is 1.25 bits per heavy atom. The Morgan fingerprint density at radius 2 is 2.00 bits per heavy atom. The molecule has 4 N–H and O–H groups in total. The molecule has 0 aliphatic carbocycles. The molecule has 0 fully saturated rings. The maximum absolute atomic E-state index is 11.8. The van der Waals surface area contributed by atoms with Gasteiger partial charge < -0.3 is 16.4 Å². The molecule has 5 heteroatoms. The third kappa shape index (κ3) is 5.01. The van der Waals surface area contributed by atoms with Crippen molar-refractivity contribution in [3.8, 4) is 0 Å². The number of rotatable bonds is 7. The average molecular weight is 277 g/mol. The topological polar surface area (TPSA) is 84.2 Å². The molecule has 0 saturated heterocycles. The molecular formula is C15H23N3O2. The molecule has 0 spiro atoms. The molecule has 1 rings (SSSR count). The van der Waals surface area contributed by atoms with E-state index in [-0.39, 0.29) is 11.8 Å². The fourth-order valence-electron chi connectivity index (χ4n) is 1.76. The molecule has 2 amide bonds. The highest BCUT2D eigenvalue weighted by molar-refractivity contribution is 5.98. The summed E-state index contributed by atoms with van der Waals surface area (Å²) in [5, 5.41) is 5.53. The van der Waals surface area contributed by atoms with Crippen LogP contribution in [-0.2, 0) is 4.79 Å². The second-order valence-electron chi connectivity index (χ2n) is 4.72. The Labute approximate surface area is 119 Å². The molecule has 0 bridgehead atoms. The zero-order valence-electron chi connectivity index (χ0n) is 12.1. The van der Waals surface area contributed by atoms with E-state index in [1.54, 1.807) is 24.3 Å². The fourth-order valence-corrected chi connectivity index (χ4v) is 1.76. The number of nitrogens with two attached hydrogens (primary N) is 1. The van der Waals surface area contributed by atoms with Crippen molar-refractivity contribution < 1.29 is 9.59 Å². The first-order valence-corrected chi connectivity index (χ1v) is 7.03. The predicted octanol–water partition coefficient (Wildman–Crippen LogP) is 1.89. The molecule has 0 aliphatic heterocycles. The summed E-state index contributed by atoms with van der Waals surface area (Å²) in [7, 11) is 0. The molecule has 5 nitrogen and oxygen atoms in total. The lowest BCUT2D eigenvalue weighted by molar-refractivity contribution is -0.117. The van der Waals surface area contributed by atoms with Crippen LogP contribution in [0.15, 0.2) is 24.3 Å². The van der Waals surface area contributed by atoms with Gasteiger partial charge in [0, 0.05) is 17.8 Å². The summed E-state index contributed by atoms with van der Waals surface area (Å²) in [6.07, 6.45) is 2.38.